The van der Waals surface area contributed by atoms with E-state index in [9.17, 15) is 9.90 Å². The molecule has 0 radical (unpaired) electrons. The molecule has 2 aromatic rings. The fraction of sp³-hybridized carbons (Fsp3) is 0.529. The van der Waals surface area contributed by atoms with E-state index in [-0.39, 0.29) is 12.6 Å². The van der Waals surface area contributed by atoms with Gasteiger partial charge in [-0.1, -0.05) is 12.1 Å². The maximum absolute atomic E-state index is 11.6. The first kappa shape index (κ1) is 16.7. The molecule has 1 aliphatic rings. The summed E-state index contributed by atoms with van der Waals surface area (Å²) in [6.07, 6.45) is 0. The third kappa shape index (κ3) is 3.52. The highest BCUT2D eigenvalue weighted by Crippen LogP contribution is 2.23. The summed E-state index contributed by atoms with van der Waals surface area (Å²) in [4.78, 5) is 20.7. The fourth-order valence-corrected chi connectivity index (χ4v) is 3.12. The van der Waals surface area contributed by atoms with Gasteiger partial charge in [-0.15, -0.1) is 0 Å². The Morgan fingerprint density at radius 1 is 1.25 bits per heavy atom. The van der Waals surface area contributed by atoms with Crippen molar-refractivity contribution in [2.24, 2.45) is 0 Å². The summed E-state index contributed by atoms with van der Waals surface area (Å²) in [5.41, 5.74) is 1.98. The normalized spacial score (nSPS) is 15.8. The third-order valence-corrected chi connectivity index (χ3v) is 4.27. The van der Waals surface area contributed by atoms with Gasteiger partial charge in [-0.2, -0.15) is 0 Å². The van der Waals surface area contributed by atoms with Crippen molar-refractivity contribution in [3.8, 4) is 0 Å². The van der Waals surface area contributed by atoms with Crippen molar-refractivity contribution in [2.75, 3.05) is 50.8 Å². The second-order valence-corrected chi connectivity index (χ2v) is 5.84. The van der Waals surface area contributed by atoms with Crippen molar-refractivity contribution in [3.05, 3.63) is 24.3 Å². The van der Waals surface area contributed by atoms with E-state index in [1.165, 1.54) is 0 Å². The molecule has 0 unspecified atom stereocenters. The first-order chi connectivity index (χ1) is 11.7. The zero-order valence-electron chi connectivity index (χ0n) is 14.0. The summed E-state index contributed by atoms with van der Waals surface area (Å²) >= 11 is 0. The number of piperazine rings is 1. The van der Waals surface area contributed by atoms with Crippen molar-refractivity contribution >= 4 is 23.0 Å². The summed E-state index contributed by atoms with van der Waals surface area (Å²) in [5.74, 6) is 0.722. The van der Waals surface area contributed by atoms with Gasteiger partial charge in [0, 0.05) is 32.7 Å². The molecule has 0 spiro atoms. The molecule has 7 nitrogen and oxygen atoms in total. The molecule has 1 aromatic carbocycles. The van der Waals surface area contributed by atoms with Crippen LogP contribution in [-0.4, -0.2) is 71.5 Å². The number of carbonyl (C=O) groups excluding carboxylic acids is 1. The van der Waals surface area contributed by atoms with Crippen LogP contribution >= 0.6 is 0 Å². The second kappa shape index (κ2) is 7.63. The number of imidazole rings is 1. The quantitative estimate of drug-likeness (QED) is 0.786. The maximum Gasteiger partial charge on any atom is 0.320 e. The van der Waals surface area contributed by atoms with Crippen molar-refractivity contribution in [1.82, 2.24) is 14.5 Å². The van der Waals surface area contributed by atoms with Gasteiger partial charge in [-0.3, -0.25) is 9.69 Å². The molecule has 0 aliphatic carbocycles. The number of anilines is 1. The third-order valence-electron chi connectivity index (χ3n) is 4.27. The Kier molecular flexibility index (Phi) is 5.32. The summed E-state index contributed by atoms with van der Waals surface area (Å²) < 4.78 is 7.07. The summed E-state index contributed by atoms with van der Waals surface area (Å²) in [5, 5.41) is 9.39. The Morgan fingerprint density at radius 2 is 2.00 bits per heavy atom. The Labute approximate surface area is 141 Å². The van der Waals surface area contributed by atoms with E-state index in [0.29, 0.717) is 19.7 Å². The molecule has 0 saturated carbocycles. The number of aromatic nitrogens is 2. The van der Waals surface area contributed by atoms with E-state index in [1.807, 2.05) is 31.2 Å². The smallest absolute Gasteiger partial charge is 0.320 e. The van der Waals surface area contributed by atoms with Crippen LogP contribution in [0.4, 0.5) is 5.95 Å². The summed E-state index contributed by atoms with van der Waals surface area (Å²) in [6.45, 7) is 6.37. The number of aliphatic hydroxyl groups excluding tert-OH is 1. The highest BCUT2D eigenvalue weighted by molar-refractivity contribution is 5.79. The Balaban J connectivity index is 1.71. The van der Waals surface area contributed by atoms with E-state index in [1.54, 1.807) is 0 Å². The Morgan fingerprint density at radius 3 is 2.71 bits per heavy atom. The highest BCUT2D eigenvalue weighted by atomic mass is 16.5. The first-order valence-electron chi connectivity index (χ1n) is 8.42. The number of hydrogen-bond donors (Lipinski definition) is 1. The largest absolute Gasteiger partial charge is 0.465 e. The molecule has 3 rings (SSSR count). The molecule has 0 bridgehead atoms. The van der Waals surface area contributed by atoms with Crippen LogP contribution in [-0.2, 0) is 16.1 Å². The number of aliphatic hydroxyl groups is 1. The number of nitrogens with zero attached hydrogens (tertiary/aromatic N) is 4. The van der Waals surface area contributed by atoms with Crippen molar-refractivity contribution in [1.29, 1.82) is 0 Å². The van der Waals surface area contributed by atoms with Crippen LogP contribution in [0, 0.1) is 0 Å². The molecular formula is C17H24N4O3. The second-order valence-electron chi connectivity index (χ2n) is 5.84. The number of fused-ring (bicyclic) bond motifs is 1. The predicted molar refractivity (Wildman–Crippen MR) is 92.1 cm³/mol. The Hall–Kier alpha value is -2.12. The van der Waals surface area contributed by atoms with E-state index < -0.39 is 0 Å². The number of benzene rings is 1. The lowest BCUT2D eigenvalue weighted by Crippen LogP contribution is -2.49. The molecule has 1 fully saturated rings. The van der Waals surface area contributed by atoms with Crippen molar-refractivity contribution < 1.29 is 14.6 Å². The van der Waals surface area contributed by atoms with Crippen LogP contribution in [0.15, 0.2) is 24.3 Å². The van der Waals surface area contributed by atoms with Gasteiger partial charge in [0.2, 0.25) is 5.95 Å². The lowest BCUT2D eigenvalue weighted by Gasteiger charge is -2.34. The maximum atomic E-state index is 11.6. The van der Waals surface area contributed by atoms with E-state index in [4.69, 9.17) is 9.72 Å². The molecule has 0 atom stereocenters. The standard InChI is InChI=1S/C17H24N4O3/c1-2-24-16(23)13-19-7-9-20(10-8-19)17-18-14-5-3-4-6-15(14)21(17)11-12-22/h3-6,22H,2,7-13H2,1H3. The predicted octanol–water partition coefficient (Wildman–Crippen LogP) is 0.714. The number of para-hydroxylation sites is 2. The van der Waals surface area contributed by atoms with Gasteiger partial charge in [-0.25, -0.2) is 4.98 Å². The zero-order valence-corrected chi connectivity index (χ0v) is 14.0. The van der Waals surface area contributed by atoms with Gasteiger partial charge < -0.3 is 19.3 Å². The SMILES string of the molecule is CCOC(=O)CN1CCN(c2nc3ccccc3n2CCO)CC1. The Bertz CT molecular complexity index is 692. The lowest BCUT2D eigenvalue weighted by molar-refractivity contribution is -0.144. The van der Waals surface area contributed by atoms with Gasteiger partial charge in [0.15, 0.2) is 0 Å². The van der Waals surface area contributed by atoms with E-state index >= 15 is 0 Å². The van der Waals surface area contributed by atoms with E-state index in [0.717, 1.165) is 43.2 Å². The summed E-state index contributed by atoms with van der Waals surface area (Å²) in [7, 11) is 0. The average Bonchev–Trinajstić information content (AvgIpc) is 2.95. The molecular weight excluding hydrogens is 308 g/mol. The molecule has 1 aromatic heterocycles. The zero-order chi connectivity index (χ0) is 16.9. The number of rotatable bonds is 6. The van der Waals surface area contributed by atoms with Crippen LogP contribution in [0.3, 0.4) is 0 Å². The van der Waals surface area contributed by atoms with Crippen LogP contribution < -0.4 is 4.90 Å². The number of esters is 1. The van der Waals surface area contributed by atoms with Crippen LogP contribution in [0.2, 0.25) is 0 Å². The topological polar surface area (TPSA) is 70.8 Å². The minimum absolute atomic E-state index is 0.0795. The molecule has 0 amide bonds. The minimum atomic E-state index is -0.168. The molecule has 1 saturated heterocycles. The molecule has 2 heterocycles. The van der Waals surface area contributed by atoms with Gasteiger partial charge >= 0.3 is 5.97 Å². The fourth-order valence-electron chi connectivity index (χ4n) is 3.12. The number of hydrogen-bond acceptors (Lipinski definition) is 6. The average molecular weight is 332 g/mol. The number of carbonyl (C=O) groups is 1. The molecule has 130 valence electrons. The van der Waals surface area contributed by atoms with Crippen LogP contribution in [0.5, 0.6) is 0 Å². The van der Waals surface area contributed by atoms with Gasteiger partial charge in [0.25, 0.3) is 0 Å². The molecule has 1 aliphatic heterocycles. The van der Waals surface area contributed by atoms with Gasteiger partial charge in [0.05, 0.1) is 30.8 Å². The minimum Gasteiger partial charge on any atom is -0.465 e. The van der Waals surface area contributed by atoms with Crippen molar-refractivity contribution in [3.63, 3.8) is 0 Å². The summed E-state index contributed by atoms with van der Waals surface area (Å²) in [6, 6.07) is 7.97. The van der Waals surface area contributed by atoms with Gasteiger partial charge in [0.1, 0.15) is 0 Å². The monoisotopic (exact) mass is 332 g/mol. The molecule has 24 heavy (non-hydrogen) atoms. The van der Waals surface area contributed by atoms with Crippen LogP contribution in [0.25, 0.3) is 11.0 Å². The number of ether oxygens (including phenoxy) is 1. The highest BCUT2D eigenvalue weighted by Gasteiger charge is 2.23. The lowest BCUT2D eigenvalue weighted by atomic mass is 10.3. The molecule has 7 heteroatoms. The van der Waals surface area contributed by atoms with Crippen LogP contribution in [0.1, 0.15) is 6.92 Å². The van der Waals surface area contributed by atoms with Crippen molar-refractivity contribution in [2.45, 2.75) is 13.5 Å². The first-order valence-corrected chi connectivity index (χ1v) is 8.42. The van der Waals surface area contributed by atoms with Gasteiger partial charge in [-0.05, 0) is 19.1 Å². The molecule has 1 N–H and O–H groups in total. The van der Waals surface area contributed by atoms with E-state index in [2.05, 4.69) is 14.4 Å².